The molecule has 2 aromatic rings. The summed E-state index contributed by atoms with van der Waals surface area (Å²) in [6.07, 6.45) is 0. The second-order valence-electron chi connectivity index (χ2n) is 3.42. The van der Waals surface area contributed by atoms with Crippen LogP contribution in [0, 0.1) is 0 Å². The third-order valence-corrected chi connectivity index (χ3v) is 2.34. The number of benzene rings is 1. The summed E-state index contributed by atoms with van der Waals surface area (Å²) in [6, 6.07) is 8.84. The van der Waals surface area contributed by atoms with Gasteiger partial charge in [-0.2, -0.15) is 0 Å². The van der Waals surface area contributed by atoms with Gasteiger partial charge >= 0.3 is 5.97 Å². The molecule has 4 heteroatoms. The number of carbonyl (C=O) groups is 1. The standard InChI is InChI=1S/C12H11NO3/c1-16-7-8-3-2-4-10-9(8)5-6-11(13-10)12(14)15/h2-6H,7H2,1H3,(H,14,15). The van der Waals surface area contributed by atoms with Gasteiger partial charge in [0.1, 0.15) is 5.69 Å². The Morgan fingerprint density at radius 3 is 2.88 bits per heavy atom. The summed E-state index contributed by atoms with van der Waals surface area (Å²) < 4.78 is 5.07. The quantitative estimate of drug-likeness (QED) is 0.855. The van der Waals surface area contributed by atoms with Gasteiger partial charge in [-0.15, -0.1) is 0 Å². The van der Waals surface area contributed by atoms with Gasteiger partial charge in [0.05, 0.1) is 12.1 Å². The molecule has 0 amide bonds. The molecular weight excluding hydrogens is 206 g/mol. The van der Waals surface area contributed by atoms with Gasteiger partial charge in [0.15, 0.2) is 0 Å². The molecule has 82 valence electrons. The molecule has 0 radical (unpaired) electrons. The van der Waals surface area contributed by atoms with Crippen molar-refractivity contribution in [2.75, 3.05) is 7.11 Å². The third kappa shape index (κ3) is 1.87. The van der Waals surface area contributed by atoms with Crippen molar-refractivity contribution in [1.82, 2.24) is 4.98 Å². The SMILES string of the molecule is COCc1cccc2nc(C(=O)O)ccc12. The van der Waals surface area contributed by atoms with Crippen LogP contribution in [0.1, 0.15) is 16.1 Å². The molecule has 0 saturated carbocycles. The summed E-state index contributed by atoms with van der Waals surface area (Å²) in [4.78, 5) is 14.8. The summed E-state index contributed by atoms with van der Waals surface area (Å²) in [5.74, 6) is -1.01. The number of nitrogens with zero attached hydrogens (tertiary/aromatic N) is 1. The van der Waals surface area contributed by atoms with Crippen LogP contribution in [0.4, 0.5) is 0 Å². The van der Waals surface area contributed by atoms with Crippen LogP contribution < -0.4 is 0 Å². The molecule has 0 atom stereocenters. The van der Waals surface area contributed by atoms with E-state index in [1.165, 1.54) is 6.07 Å². The largest absolute Gasteiger partial charge is 0.477 e. The number of aromatic carboxylic acids is 1. The minimum atomic E-state index is -1.01. The first-order valence-electron chi connectivity index (χ1n) is 4.83. The predicted octanol–water partition coefficient (Wildman–Crippen LogP) is 2.08. The number of ether oxygens (including phenoxy) is 1. The molecule has 1 N–H and O–H groups in total. The molecule has 0 spiro atoms. The first kappa shape index (κ1) is 10.6. The van der Waals surface area contributed by atoms with Crippen molar-refractivity contribution < 1.29 is 14.6 Å². The average Bonchev–Trinajstić information content (AvgIpc) is 2.29. The highest BCUT2D eigenvalue weighted by atomic mass is 16.5. The lowest BCUT2D eigenvalue weighted by molar-refractivity contribution is 0.0691. The van der Waals surface area contributed by atoms with Crippen LogP contribution in [0.25, 0.3) is 10.9 Å². The Morgan fingerprint density at radius 2 is 2.19 bits per heavy atom. The van der Waals surface area contributed by atoms with Crippen molar-refractivity contribution in [2.24, 2.45) is 0 Å². The first-order valence-corrected chi connectivity index (χ1v) is 4.83. The normalized spacial score (nSPS) is 10.6. The van der Waals surface area contributed by atoms with Gasteiger partial charge in [-0.05, 0) is 17.7 Å². The Bertz CT molecular complexity index is 537. The fourth-order valence-corrected chi connectivity index (χ4v) is 1.62. The van der Waals surface area contributed by atoms with Crippen LogP contribution in [0.5, 0.6) is 0 Å². The van der Waals surface area contributed by atoms with Crippen molar-refractivity contribution in [1.29, 1.82) is 0 Å². The fourth-order valence-electron chi connectivity index (χ4n) is 1.62. The van der Waals surface area contributed by atoms with Gasteiger partial charge in [-0.1, -0.05) is 18.2 Å². The average molecular weight is 217 g/mol. The van der Waals surface area contributed by atoms with Gasteiger partial charge < -0.3 is 9.84 Å². The second-order valence-corrected chi connectivity index (χ2v) is 3.42. The lowest BCUT2D eigenvalue weighted by atomic mass is 10.1. The maximum Gasteiger partial charge on any atom is 0.354 e. The molecule has 0 aliphatic carbocycles. The highest BCUT2D eigenvalue weighted by Gasteiger charge is 2.07. The molecule has 1 heterocycles. The van der Waals surface area contributed by atoms with E-state index in [1.54, 1.807) is 19.2 Å². The number of carboxylic acid groups (broad SMARTS) is 1. The van der Waals surface area contributed by atoms with Crippen molar-refractivity contribution in [2.45, 2.75) is 6.61 Å². The molecule has 16 heavy (non-hydrogen) atoms. The Kier molecular flexibility index (Phi) is 2.83. The van der Waals surface area contributed by atoms with E-state index in [-0.39, 0.29) is 5.69 Å². The predicted molar refractivity (Wildman–Crippen MR) is 59.4 cm³/mol. The molecule has 4 nitrogen and oxygen atoms in total. The van der Waals surface area contributed by atoms with Crippen molar-refractivity contribution in [3.63, 3.8) is 0 Å². The van der Waals surface area contributed by atoms with E-state index < -0.39 is 5.97 Å². The lowest BCUT2D eigenvalue weighted by Gasteiger charge is -2.05. The molecule has 0 aliphatic heterocycles. The lowest BCUT2D eigenvalue weighted by Crippen LogP contribution is -2.00. The Morgan fingerprint density at radius 1 is 1.38 bits per heavy atom. The van der Waals surface area contributed by atoms with Crippen molar-refractivity contribution >= 4 is 16.9 Å². The molecule has 0 aliphatic rings. The maximum absolute atomic E-state index is 10.8. The Balaban J connectivity index is 2.59. The molecule has 0 fully saturated rings. The topological polar surface area (TPSA) is 59.4 Å². The van der Waals surface area contributed by atoms with Gasteiger partial charge in [0.2, 0.25) is 0 Å². The van der Waals surface area contributed by atoms with E-state index in [0.717, 1.165) is 10.9 Å². The van der Waals surface area contributed by atoms with Crippen LogP contribution in [0.2, 0.25) is 0 Å². The number of fused-ring (bicyclic) bond motifs is 1. The van der Waals surface area contributed by atoms with Crippen LogP contribution in [-0.4, -0.2) is 23.2 Å². The zero-order valence-electron chi connectivity index (χ0n) is 8.80. The number of aromatic nitrogens is 1. The zero-order chi connectivity index (χ0) is 11.5. The summed E-state index contributed by atoms with van der Waals surface area (Å²) in [7, 11) is 1.62. The van der Waals surface area contributed by atoms with Crippen LogP contribution in [-0.2, 0) is 11.3 Å². The number of hydrogen-bond acceptors (Lipinski definition) is 3. The number of methoxy groups -OCH3 is 1. The van der Waals surface area contributed by atoms with Crippen LogP contribution >= 0.6 is 0 Å². The van der Waals surface area contributed by atoms with Gasteiger partial charge in [-0.25, -0.2) is 9.78 Å². The molecule has 0 saturated heterocycles. The first-order chi connectivity index (χ1) is 7.72. The van der Waals surface area contributed by atoms with E-state index >= 15 is 0 Å². The van der Waals surface area contributed by atoms with E-state index in [9.17, 15) is 4.79 Å². The summed E-state index contributed by atoms with van der Waals surface area (Å²) in [6.45, 7) is 0.492. The second kappa shape index (κ2) is 4.28. The number of rotatable bonds is 3. The molecule has 1 aromatic carbocycles. The minimum absolute atomic E-state index is 0.0575. The molecule has 0 unspecified atom stereocenters. The van der Waals surface area contributed by atoms with Crippen molar-refractivity contribution in [3.8, 4) is 0 Å². The zero-order valence-corrected chi connectivity index (χ0v) is 8.80. The Hall–Kier alpha value is -1.94. The van der Waals surface area contributed by atoms with Gasteiger partial charge in [0.25, 0.3) is 0 Å². The van der Waals surface area contributed by atoms with E-state index in [0.29, 0.717) is 12.1 Å². The van der Waals surface area contributed by atoms with Crippen LogP contribution in [0.15, 0.2) is 30.3 Å². The molecular formula is C12H11NO3. The van der Waals surface area contributed by atoms with Crippen LogP contribution in [0.3, 0.4) is 0 Å². The molecule has 2 rings (SSSR count). The minimum Gasteiger partial charge on any atom is -0.477 e. The smallest absolute Gasteiger partial charge is 0.354 e. The monoisotopic (exact) mass is 217 g/mol. The summed E-state index contributed by atoms with van der Waals surface area (Å²) in [5, 5.41) is 9.76. The number of hydrogen-bond donors (Lipinski definition) is 1. The van der Waals surface area contributed by atoms with Crippen molar-refractivity contribution in [3.05, 3.63) is 41.6 Å². The van der Waals surface area contributed by atoms with E-state index in [1.807, 2.05) is 12.1 Å². The number of carboxylic acids is 1. The summed E-state index contributed by atoms with van der Waals surface area (Å²) in [5.41, 5.74) is 1.74. The maximum atomic E-state index is 10.8. The summed E-state index contributed by atoms with van der Waals surface area (Å²) >= 11 is 0. The van der Waals surface area contributed by atoms with Gasteiger partial charge in [0, 0.05) is 12.5 Å². The third-order valence-electron chi connectivity index (χ3n) is 2.34. The highest BCUT2D eigenvalue weighted by molar-refractivity contribution is 5.90. The molecule has 1 aromatic heterocycles. The van der Waals surface area contributed by atoms with Gasteiger partial charge in [-0.3, -0.25) is 0 Å². The Labute approximate surface area is 92.5 Å². The fraction of sp³-hybridized carbons (Fsp3) is 0.167. The highest BCUT2D eigenvalue weighted by Crippen LogP contribution is 2.18. The number of pyridine rings is 1. The van der Waals surface area contributed by atoms with E-state index in [2.05, 4.69) is 4.98 Å². The molecule has 0 bridgehead atoms. The van der Waals surface area contributed by atoms with E-state index in [4.69, 9.17) is 9.84 Å².